The van der Waals surface area contributed by atoms with Gasteiger partial charge in [0.05, 0.1) is 16.5 Å². The average molecular weight is 612 g/mol. The summed E-state index contributed by atoms with van der Waals surface area (Å²) in [5.74, 6) is 4.01. The van der Waals surface area contributed by atoms with Crippen molar-refractivity contribution in [2.75, 3.05) is 37.7 Å². The second kappa shape index (κ2) is 11.1. The van der Waals surface area contributed by atoms with Crippen LogP contribution in [0.5, 0.6) is 11.8 Å². The second-order valence-electron chi connectivity index (χ2n) is 12.5. The fourth-order valence-corrected chi connectivity index (χ4v) is 7.49. The Kier molecular flexibility index (Phi) is 7.21. The summed E-state index contributed by atoms with van der Waals surface area (Å²) >= 11 is 0. The number of phenolic OH excluding ortho intramolecular Hbond substituents is 1. The van der Waals surface area contributed by atoms with E-state index in [4.69, 9.17) is 22.6 Å². The van der Waals surface area contributed by atoms with Gasteiger partial charge in [-0.1, -0.05) is 18.9 Å². The van der Waals surface area contributed by atoms with Crippen molar-refractivity contribution in [3.63, 3.8) is 0 Å². The molecule has 3 saturated heterocycles. The third-order valence-corrected chi connectivity index (χ3v) is 9.52. The van der Waals surface area contributed by atoms with Gasteiger partial charge in [0.1, 0.15) is 47.1 Å². The van der Waals surface area contributed by atoms with Crippen molar-refractivity contribution in [3.05, 3.63) is 47.2 Å². The quantitative estimate of drug-likeness (QED) is 0.278. The molecule has 3 fully saturated rings. The van der Waals surface area contributed by atoms with E-state index >= 15 is 4.39 Å². The molecule has 45 heavy (non-hydrogen) atoms. The number of ether oxygens (including phenoxy) is 1. The molecular formula is C35H32F3N5O2. The number of aromatic hydroxyl groups is 1. The van der Waals surface area contributed by atoms with Crippen LogP contribution in [0.2, 0.25) is 0 Å². The van der Waals surface area contributed by atoms with Crippen LogP contribution in [0.25, 0.3) is 32.9 Å². The molecule has 0 spiro atoms. The summed E-state index contributed by atoms with van der Waals surface area (Å²) in [5.41, 5.74) is -0.742. The van der Waals surface area contributed by atoms with Gasteiger partial charge in [0.2, 0.25) is 0 Å². The van der Waals surface area contributed by atoms with Crippen LogP contribution in [0.15, 0.2) is 24.3 Å². The number of terminal acetylenes is 2. The first-order chi connectivity index (χ1) is 21.7. The van der Waals surface area contributed by atoms with E-state index in [0.29, 0.717) is 43.2 Å². The monoisotopic (exact) mass is 611 g/mol. The summed E-state index contributed by atoms with van der Waals surface area (Å²) in [5, 5.41) is 11.4. The Morgan fingerprint density at radius 3 is 2.69 bits per heavy atom. The number of hydrogen-bond donors (Lipinski definition) is 1. The molecule has 0 unspecified atom stereocenters. The van der Waals surface area contributed by atoms with Crippen LogP contribution < -0.4 is 9.64 Å². The first kappa shape index (κ1) is 29.2. The number of phenols is 1. The van der Waals surface area contributed by atoms with E-state index in [1.54, 1.807) is 0 Å². The van der Waals surface area contributed by atoms with Gasteiger partial charge in [-0.05, 0) is 67.7 Å². The summed E-state index contributed by atoms with van der Waals surface area (Å²) in [6, 6.07) is 5.31. The highest BCUT2D eigenvalue weighted by atomic mass is 19.1. The maximum absolute atomic E-state index is 16.9. The molecule has 0 amide bonds. The fourth-order valence-electron chi connectivity index (χ4n) is 7.49. The Hall–Kier alpha value is -4.54. The van der Waals surface area contributed by atoms with E-state index in [1.807, 2.05) is 0 Å². The molecule has 0 saturated carbocycles. The topological polar surface area (TPSA) is 74.6 Å². The largest absolute Gasteiger partial charge is 0.508 e. The lowest BCUT2D eigenvalue weighted by Gasteiger charge is -2.33. The second-order valence-corrected chi connectivity index (χ2v) is 12.5. The normalized spacial score (nSPS) is 23.3. The lowest BCUT2D eigenvalue weighted by atomic mass is 9.95. The highest BCUT2D eigenvalue weighted by molar-refractivity contribution is 6.04. The van der Waals surface area contributed by atoms with Crippen LogP contribution in [0.1, 0.15) is 50.3 Å². The van der Waals surface area contributed by atoms with Crippen molar-refractivity contribution >= 4 is 27.5 Å². The number of anilines is 1. The van der Waals surface area contributed by atoms with Crippen LogP contribution in [0, 0.1) is 42.2 Å². The van der Waals surface area contributed by atoms with Gasteiger partial charge in [-0.2, -0.15) is 9.97 Å². The third-order valence-electron chi connectivity index (χ3n) is 9.52. The summed E-state index contributed by atoms with van der Waals surface area (Å²) in [7, 11) is 0. The van der Waals surface area contributed by atoms with Crippen molar-refractivity contribution in [2.45, 2.75) is 50.7 Å². The first-order valence-electron chi connectivity index (χ1n) is 15.3. The average Bonchev–Trinajstić information content (AvgIpc) is 3.55. The molecule has 2 aromatic carbocycles. The molecule has 0 aliphatic carbocycles. The first-order valence-corrected chi connectivity index (χ1v) is 15.3. The molecule has 1 N–H and O–H groups in total. The van der Waals surface area contributed by atoms with E-state index in [-0.39, 0.29) is 57.2 Å². The highest BCUT2D eigenvalue weighted by Crippen LogP contribution is 2.42. The van der Waals surface area contributed by atoms with Crippen molar-refractivity contribution in [1.29, 1.82) is 0 Å². The molecule has 3 aliphatic rings. The molecular weight excluding hydrogens is 579 g/mol. The Labute approximate surface area is 259 Å². The molecule has 3 aliphatic heterocycles. The Bertz CT molecular complexity index is 1940. The predicted octanol–water partition coefficient (Wildman–Crippen LogP) is 5.98. The van der Waals surface area contributed by atoms with E-state index in [9.17, 15) is 13.9 Å². The van der Waals surface area contributed by atoms with Gasteiger partial charge < -0.3 is 14.7 Å². The van der Waals surface area contributed by atoms with Gasteiger partial charge in [0.25, 0.3) is 0 Å². The summed E-state index contributed by atoms with van der Waals surface area (Å²) in [6.45, 7) is 4.81. The number of aromatic nitrogens is 3. The van der Waals surface area contributed by atoms with Crippen molar-refractivity contribution in [3.8, 4) is 47.7 Å². The number of benzene rings is 2. The van der Waals surface area contributed by atoms with E-state index in [2.05, 4.69) is 38.5 Å². The van der Waals surface area contributed by atoms with Crippen LogP contribution >= 0.6 is 0 Å². The zero-order valence-electron chi connectivity index (χ0n) is 24.9. The van der Waals surface area contributed by atoms with Crippen LogP contribution in [0.4, 0.5) is 19.0 Å². The van der Waals surface area contributed by atoms with Crippen molar-refractivity contribution in [2.24, 2.45) is 5.92 Å². The number of fused-ring (bicyclic) bond motifs is 3. The van der Waals surface area contributed by atoms with Crippen molar-refractivity contribution < 1.29 is 23.0 Å². The SMILES string of the molecule is C#Cc1c(F)ccc2cc(O)cc(-c3nc(C#C)c4c(N5CCC[C@@H](C)C5)nc(OC[C@@]56CCCN5C[C@H](F)C6)nc4c3F)c12. The fraction of sp³-hybridized carbons (Fsp3) is 0.400. The molecule has 2 aromatic heterocycles. The van der Waals surface area contributed by atoms with Crippen LogP contribution in [-0.4, -0.2) is 69.5 Å². The summed E-state index contributed by atoms with van der Waals surface area (Å²) in [4.78, 5) is 18.0. The minimum atomic E-state index is -0.934. The minimum Gasteiger partial charge on any atom is -0.508 e. The molecule has 5 heterocycles. The zero-order valence-corrected chi connectivity index (χ0v) is 24.9. The lowest BCUT2D eigenvalue weighted by molar-refractivity contribution is 0.107. The van der Waals surface area contributed by atoms with E-state index < -0.39 is 23.3 Å². The molecule has 0 radical (unpaired) electrons. The van der Waals surface area contributed by atoms with Crippen LogP contribution in [0.3, 0.4) is 0 Å². The van der Waals surface area contributed by atoms with E-state index in [1.165, 1.54) is 24.3 Å². The summed E-state index contributed by atoms with van der Waals surface area (Å²) < 4.78 is 52.4. The number of halogens is 3. The molecule has 7 nitrogen and oxygen atoms in total. The highest BCUT2D eigenvalue weighted by Gasteiger charge is 2.49. The van der Waals surface area contributed by atoms with Gasteiger partial charge >= 0.3 is 6.01 Å². The zero-order chi connectivity index (χ0) is 31.5. The Balaban J connectivity index is 1.44. The molecule has 7 rings (SSSR count). The minimum absolute atomic E-state index is 0.0468. The third kappa shape index (κ3) is 4.89. The van der Waals surface area contributed by atoms with Gasteiger partial charge in [-0.3, -0.25) is 4.90 Å². The van der Waals surface area contributed by atoms with Gasteiger partial charge in [-0.15, -0.1) is 12.8 Å². The van der Waals surface area contributed by atoms with Crippen molar-refractivity contribution in [1.82, 2.24) is 19.9 Å². The Morgan fingerprint density at radius 2 is 1.91 bits per heavy atom. The Morgan fingerprint density at radius 1 is 1.07 bits per heavy atom. The smallest absolute Gasteiger partial charge is 0.319 e. The number of pyridine rings is 1. The lowest BCUT2D eigenvalue weighted by Crippen LogP contribution is -2.43. The molecule has 4 aromatic rings. The molecule has 10 heteroatoms. The standard InChI is InChI=1S/C35H32F3N5O2/c1-4-24-26(37)10-9-21-14-23(44)15-25(28(21)24)31-30(38)32-29(27(5-2)39-31)33(42-12-6-8-20(3)17-42)41-34(40-32)45-19-35-11-7-13-43(35)18-22(36)16-35/h1-2,9-10,14-15,20,22,44H,6-8,11-13,16-19H2,3H3/t20-,22-,35+/m1/s1. The maximum Gasteiger partial charge on any atom is 0.319 e. The molecule has 3 atom stereocenters. The van der Waals surface area contributed by atoms with Crippen LogP contribution in [-0.2, 0) is 0 Å². The maximum atomic E-state index is 16.9. The predicted molar refractivity (Wildman–Crippen MR) is 167 cm³/mol. The van der Waals surface area contributed by atoms with E-state index in [0.717, 1.165) is 32.2 Å². The number of hydrogen-bond acceptors (Lipinski definition) is 7. The van der Waals surface area contributed by atoms with Gasteiger partial charge in [0, 0.05) is 37.0 Å². The summed E-state index contributed by atoms with van der Waals surface area (Å²) in [6.07, 6.45) is 14.8. The van der Waals surface area contributed by atoms with Gasteiger partial charge in [0.15, 0.2) is 5.82 Å². The molecule has 0 bridgehead atoms. The number of piperidine rings is 1. The molecule has 230 valence electrons. The number of alkyl halides is 1. The number of nitrogens with zero attached hydrogens (tertiary/aromatic N) is 5. The number of rotatable bonds is 5. The van der Waals surface area contributed by atoms with Gasteiger partial charge in [-0.25, -0.2) is 18.2 Å².